The molecular formula is C18H26ClN3O4S. The second-order valence-corrected chi connectivity index (χ2v) is 7.90. The first kappa shape index (κ1) is 22.0. The van der Waals surface area contributed by atoms with Crippen LogP contribution in [0.5, 0.6) is 0 Å². The third-order valence-corrected chi connectivity index (χ3v) is 5.37. The molecule has 0 amide bonds. The molecule has 0 saturated carbocycles. The van der Waals surface area contributed by atoms with Crippen LogP contribution in [-0.2, 0) is 18.8 Å². The minimum Gasteiger partial charge on any atom is -0.330 e. The van der Waals surface area contributed by atoms with E-state index in [9.17, 15) is 8.42 Å². The Morgan fingerprint density at radius 2 is 2.11 bits per heavy atom. The molecular weight excluding hydrogens is 390 g/mol. The highest BCUT2D eigenvalue weighted by atomic mass is 35.5. The van der Waals surface area contributed by atoms with Crippen molar-refractivity contribution in [3.63, 3.8) is 0 Å². The van der Waals surface area contributed by atoms with Gasteiger partial charge < -0.3 is 11.1 Å². The van der Waals surface area contributed by atoms with Crippen molar-refractivity contribution in [3.05, 3.63) is 41.0 Å². The average Bonchev–Trinajstić information content (AvgIpc) is 2.62. The lowest BCUT2D eigenvalue weighted by atomic mass is 9.91. The number of likely N-dealkylation sites (N-methyl/N-ethyl adjacent to an activating group) is 1. The monoisotopic (exact) mass is 415 g/mol. The fourth-order valence-corrected chi connectivity index (χ4v) is 3.90. The summed E-state index contributed by atoms with van der Waals surface area (Å²) in [5.74, 6) is -0.0939. The van der Waals surface area contributed by atoms with E-state index in [1.165, 1.54) is 0 Å². The van der Waals surface area contributed by atoms with Crippen LogP contribution in [0.3, 0.4) is 0 Å². The lowest BCUT2D eigenvalue weighted by Gasteiger charge is -2.21. The molecule has 2 rings (SSSR count). The molecule has 0 aliphatic carbocycles. The maximum absolute atomic E-state index is 11.9. The number of nitrogens with one attached hydrogen (secondary N) is 1. The van der Waals surface area contributed by atoms with Crippen LogP contribution in [0.15, 0.2) is 30.5 Å². The molecule has 1 aromatic carbocycles. The SMILES string of the molecule is CCNCCOS(=O)(=O)OC(C)CC(CN)c1ccnc2cc(Cl)ccc12. The number of nitrogens with two attached hydrogens (primary N) is 1. The first-order chi connectivity index (χ1) is 12.9. The molecule has 0 radical (unpaired) electrons. The molecule has 1 heterocycles. The zero-order chi connectivity index (χ0) is 19.9. The molecule has 0 spiro atoms. The van der Waals surface area contributed by atoms with Crippen LogP contribution in [0.1, 0.15) is 31.7 Å². The summed E-state index contributed by atoms with van der Waals surface area (Å²) in [5, 5.41) is 4.53. The molecule has 1 aromatic heterocycles. The van der Waals surface area contributed by atoms with Crippen LogP contribution in [0.25, 0.3) is 10.9 Å². The Labute approximate surface area is 165 Å². The number of aromatic nitrogens is 1. The number of nitrogens with zero attached hydrogens (tertiary/aromatic N) is 1. The van der Waals surface area contributed by atoms with E-state index in [0.717, 1.165) is 23.0 Å². The zero-order valence-electron chi connectivity index (χ0n) is 15.5. The molecule has 0 bridgehead atoms. The Bertz CT molecular complexity index is 848. The topological polar surface area (TPSA) is 104 Å². The summed E-state index contributed by atoms with van der Waals surface area (Å²) < 4.78 is 33.8. The molecule has 0 aliphatic heterocycles. The third-order valence-electron chi connectivity index (χ3n) is 4.12. The van der Waals surface area contributed by atoms with Crippen molar-refractivity contribution >= 4 is 32.9 Å². The first-order valence-corrected chi connectivity index (χ1v) is 10.6. The van der Waals surface area contributed by atoms with E-state index in [1.807, 2.05) is 19.1 Å². The van der Waals surface area contributed by atoms with Gasteiger partial charge in [-0.05, 0) is 56.1 Å². The predicted molar refractivity (Wildman–Crippen MR) is 107 cm³/mol. The smallest absolute Gasteiger partial charge is 0.330 e. The van der Waals surface area contributed by atoms with E-state index in [0.29, 0.717) is 24.5 Å². The van der Waals surface area contributed by atoms with Crippen LogP contribution < -0.4 is 11.1 Å². The van der Waals surface area contributed by atoms with Gasteiger partial charge in [0.1, 0.15) is 0 Å². The van der Waals surface area contributed by atoms with Crippen LogP contribution in [0, 0.1) is 0 Å². The number of benzene rings is 1. The van der Waals surface area contributed by atoms with Gasteiger partial charge in [-0.15, -0.1) is 0 Å². The molecule has 0 saturated heterocycles. The van der Waals surface area contributed by atoms with Crippen molar-refractivity contribution in [1.29, 1.82) is 0 Å². The summed E-state index contributed by atoms with van der Waals surface area (Å²) in [4.78, 5) is 4.33. The lowest BCUT2D eigenvalue weighted by molar-refractivity contribution is 0.156. The molecule has 2 unspecified atom stereocenters. The molecule has 7 nitrogen and oxygen atoms in total. The van der Waals surface area contributed by atoms with Gasteiger partial charge in [-0.25, -0.2) is 8.37 Å². The second kappa shape index (κ2) is 10.3. The Kier molecular flexibility index (Phi) is 8.40. The molecule has 150 valence electrons. The van der Waals surface area contributed by atoms with E-state index in [-0.39, 0.29) is 12.5 Å². The van der Waals surface area contributed by atoms with Gasteiger partial charge in [0.2, 0.25) is 0 Å². The predicted octanol–water partition coefficient (Wildman–Crippen LogP) is 2.60. The van der Waals surface area contributed by atoms with Gasteiger partial charge >= 0.3 is 10.4 Å². The van der Waals surface area contributed by atoms with Gasteiger partial charge in [0, 0.05) is 23.2 Å². The van der Waals surface area contributed by atoms with Crippen molar-refractivity contribution in [2.75, 3.05) is 26.2 Å². The normalized spacial score (nSPS) is 14.4. The number of rotatable bonds is 11. The zero-order valence-corrected chi connectivity index (χ0v) is 17.1. The Morgan fingerprint density at radius 1 is 1.33 bits per heavy atom. The average molecular weight is 416 g/mol. The minimum absolute atomic E-state index is 0.0267. The Hall–Kier alpha value is -1.29. The summed E-state index contributed by atoms with van der Waals surface area (Å²) in [6.07, 6.45) is 1.54. The number of fused-ring (bicyclic) bond motifs is 1. The number of halogens is 1. The lowest BCUT2D eigenvalue weighted by Crippen LogP contribution is -2.26. The van der Waals surface area contributed by atoms with E-state index in [4.69, 9.17) is 25.7 Å². The summed E-state index contributed by atoms with van der Waals surface area (Å²) in [5.41, 5.74) is 7.72. The minimum atomic E-state index is -4.06. The summed E-state index contributed by atoms with van der Waals surface area (Å²) in [6.45, 7) is 5.16. The highest BCUT2D eigenvalue weighted by Gasteiger charge is 2.22. The highest BCUT2D eigenvalue weighted by Crippen LogP contribution is 2.29. The van der Waals surface area contributed by atoms with E-state index < -0.39 is 16.5 Å². The summed E-state index contributed by atoms with van der Waals surface area (Å²) in [7, 11) is -4.06. The van der Waals surface area contributed by atoms with Gasteiger partial charge in [0.25, 0.3) is 0 Å². The molecule has 27 heavy (non-hydrogen) atoms. The molecule has 9 heteroatoms. The maximum atomic E-state index is 11.9. The Balaban J connectivity index is 2.06. The van der Waals surface area contributed by atoms with Crippen molar-refractivity contribution in [2.24, 2.45) is 5.73 Å². The molecule has 2 aromatic rings. The van der Waals surface area contributed by atoms with Gasteiger partial charge in [0.05, 0.1) is 18.2 Å². The largest absolute Gasteiger partial charge is 0.400 e. The van der Waals surface area contributed by atoms with Crippen molar-refractivity contribution in [1.82, 2.24) is 10.3 Å². The first-order valence-electron chi connectivity index (χ1n) is 8.89. The molecule has 0 fully saturated rings. The standard InChI is InChI=1S/C18H26ClN3O4S/c1-3-21-8-9-25-27(23,24)26-13(2)10-14(12-20)16-6-7-22-18-11-15(19)4-5-17(16)18/h4-7,11,13-14,21H,3,8-10,12,20H2,1-2H3. The number of hydrogen-bond donors (Lipinski definition) is 2. The van der Waals surface area contributed by atoms with Gasteiger partial charge in [-0.3, -0.25) is 4.98 Å². The van der Waals surface area contributed by atoms with E-state index >= 15 is 0 Å². The van der Waals surface area contributed by atoms with Crippen molar-refractivity contribution in [2.45, 2.75) is 32.3 Å². The van der Waals surface area contributed by atoms with E-state index in [1.54, 1.807) is 25.3 Å². The van der Waals surface area contributed by atoms with E-state index in [2.05, 4.69) is 10.3 Å². The number of pyridine rings is 1. The van der Waals surface area contributed by atoms with Crippen molar-refractivity contribution in [3.8, 4) is 0 Å². The summed E-state index contributed by atoms with van der Waals surface area (Å²) >= 11 is 6.03. The van der Waals surface area contributed by atoms with Crippen LogP contribution >= 0.6 is 11.6 Å². The highest BCUT2D eigenvalue weighted by molar-refractivity contribution is 7.81. The summed E-state index contributed by atoms with van der Waals surface area (Å²) in [6, 6.07) is 7.37. The van der Waals surface area contributed by atoms with Crippen LogP contribution in [0.4, 0.5) is 0 Å². The number of hydrogen-bond acceptors (Lipinski definition) is 7. The fraction of sp³-hybridized carbons (Fsp3) is 0.500. The van der Waals surface area contributed by atoms with Gasteiger partial charge in [0.15, 0.2) is 0 Å². The van der Waals surface area contributed by atoms with Gasteiger partial charge in [-0.2, -0.15) is 8.42 Å². The molecule has 0 aliphatic rings. The quantitative estimate of drug-likeness (QED) is 0.543. The van der Waals surface area contributed by atoms with Gasteiger partial charge in [-0.1, -0.05) is 24.6 Å². The second-order valence-electron chi connectivity index (χ2n) is 6.22. The Morgan fingerprint density at radius 3 is 2.81 bits per heavy atom. The van der Waals surface area contributed by atoms with Crippen LogP contribution in [-0.4, -0.2) is 45.7 Å². The van der Waals surface area contributed by atoms with Crippen LogP contribution in [0.2, 0.25) is 5.02 Å². The molecule has 3 N–H and O–H groups in total. The third kappa shape index (κ3) is 6.67. The molecule has 2 atom stereocenters. The fourth-order valence-electron chi connectivity index (χ4n) is 2.91. The van der Waals surface area contributed by atoms with Crippen molar-refractivity contribution < 1.29 is 16.8 Å². The maximum Gasteiger partial charge on any atom is 0.400 e.